The van der Waals surface area contributed by atoms with Crippen LogP contribution in [0.4, 0.5) is 0 Å². The van der Waals surface area contributed by atoms with Crippen molar-refractivity contribution in [1.29, 1.82) is 0 Å². The lowest BCUT2D eigenvalue weighted by molar-refractivity contribution is 0.167. The van der Waals surface area contributed by atoms with Crippen LogP contribution in [0, 0.1) is 6.92 Å². The van der Waals surface area contributed by atoms with Crippen LogP contribution in [0.1, 0.15) is 30.4 Å². The maximum absolute atomic E-state index is 6.01. The van der Waals surface area contributed by atoms with Gasteiger partial charge in [0.1, 0.15) is 13.2 Å². The van der Waals surface area contributed by atoms with Crippen molar-refractivity contribution in [2.75, 3.05) is 19.8 Å². The third-order valence-corrected chi connectivity index (χ3v) is 4.88. The van der Waals surface area contributed by atoms with Gasteiger partial charge in [-0.05, 0) is 52.9 Å². The zero-order valence-electron chi connectivity index (χ0n) is 10.6. The highest BCUT2D eigenvalue weighted by molar-refractivity contribution is 9.10. The molecule has 2 N–H and O–H groups in total. The first-order chi connectivity index (χ1) is 8.68. The van der Waals surface area contributed by atoms with E-state index in [9.17, 15) is 0 Å². The van der Waals surface area contributed by atoms with E-state index in [1.807, 2.05) is 0 Å². The van der Waals surface area contributed by atoms with E-state index in [0.29, 0.717) is 19.8 Å². The monoisotopic (exact) mass is 311 g/mol. The molecule has 1 aromatic rings. The Morgan fingerprint density at radius 1 is 1.28 bits per heavy atom. The normalized spacial score (nSPS) is 20.4. The molecule has 0 aromatic heterocycles. The highest BCUT2D eigenvalue weighted by Gasteiger charge is 2.40. The number of nitrogens with two attached hydrogens (primary N) is 1. The molecule has 0 bridgehead atoms. The number of benzene rings is 1. The Morgan fingerprint density at radius 2 is 1.94 bits per heavy atom. The Morgan fingerprint density at radius 3 is 2.50 bits per heavy atom. The van der Waals surface area contributed by atoms with Gasteiger partial charge >= 0.3 is 0 Å². The average Bonchev–Trinajstić information content (AvgIpc) is 2.35. The van der Waals surface area contributed by atoms with Crippen LogP contribution in [0.15, 0.2) is 10.5 Å². The zero-order chi connectivity index (χ0) is 12.8. The smallest absolute Gasteiger partial charge is 0.175 e. The van der Waals surface area contributed by atoms with E-state index in [2.05, 4.69) is 28.9 Å². The number of rotatable bonds is 2. The van der Waals surface area contributed by atoms with Crippen molar-refractivity contribution in [3.05, 3.63) is 21.7 Å². The topological polar surface area (TPSA) is 44.5 Å². The molecule has 2 aliphatic rings. The number of fused-ring (bicyclic) bond motifs is 1. The number of halogens is 1. The van der Waals surface area contributed by atoms with Gasteiger partial charge < -0.3 is 15.2 Å². The van der Waals surface area contributed by atoms with Crippen LogP contribution >= 0.6 is 15.9 Å². The maximum Gasteiger partial charge on any atom is 0.175 e. The summed E-state index contributed by atoms with van der Waals surface area (Å²) in [6, 6.07) is 2.18. The van der Waals surface area contributed by atoms with E-state index in [4.69, 9.17) is 15.2 Å². The standard InChI is InChI=1S/C14H18BrNO2/c1-9-10(14(8-16)3-2-4-14)7-11(15)13-12(9)17-5-6-18-13/h7H,2-6,8,16H2,1H3. The van der Waals surface area contributed by atoms with Gasteiger partial charge in [0.05, 0.1) is 4.47 Å². The van der Waals surface area contributed by atoms with Crippen molar-refractivity contribution < 1.29 is 9.47 Å². The Hall–Kier alpha value is -0.740. The lowest BCUT2D eigenvalue weighted by atomic mass is 9.63. The quantitative estimate of drug-likeness (QED) is 0.913. The van der Waals surface area contributed by atoms with Crippen molar-refractivity contribution in [2.24, 2.45) is 5.73 Å². The summed E-state index contributed by atoms with van der Waals surface area (Å²) < 4.78 is 12.5. The van der Waals surface area contributed by atoms with Crippen LogP contribution in [0.3, 0.4) is 0 Å². The first kappa shape index (κ1) is 12.3. The fourth-order valence-electron chi connectivity index (χ4n) is 3.04. The third kappa shape index (κ3) is 1.66. The van der Waals surface area contributed by atoms with E-state index >= 15 is 0 Å². The van der Waals surface area contributed by atoms with Crippen LogP contribution in [0.5, 0.6) is 11.5 Å². The van der Waals surface area contributed by atoms with E-state index in [1.54, 1.807) is 0 Å². The first-order valence-electron chi connectivity index (χ1n) is 6.47. The second-order valence-corrected chi connectivity index (χ2v) is 6.08. The fraction of sp³-hybridized carbons (Fsp3) is 0.571. The Kier molecular flexibility index (Phi) is 3.02. The summed E-state index contributed by atoms with van der Waals surface area (Å²) in [6.07, 6.45) is 3.62. The number of hydrogen-bond donors (Lipinski definition) is 1. The maximum atomic E-state index is 6.01. The minimum atomic E-state index is 0.155. The molecule has 0 unspecified atom stereocenters. The molecule has 0 amide bonds. The Bertz CT molecular complexity index is 478. The molecule has 1 heterocycles. The molecule has 1 aliphatic heterocycles. The third-order valence-electron chi connectivity index (χ3n) is 4.29. The van der Waals surface area contributed by atoms with Gasteiger partial charge in [-0.1, -0.05) is 6.42 Å². The fourth-order valence-corrected chi connectivity index (χ4v) is 3.56. The van der Waals surface area contributed by atoms with Crippen LogP contribution in [0.25, 0.3) is 0 Å². The van der Waals surface area contributed by atoms with Crippen LogP contribution in [-0.4, -0.2) is 19.8 Å². The molecule has 4 heteroatoms. The highest BCUT2D eigenvalue weighted by Crippen LogP contribution is 2.50. The summed E-state index contributed by atoms with van der Waals surface area (Å²) in [6.45, 7) is 4.07. The summed E-state index contributed by atoms with van der Waals surface area (Å²) in [7, 11) is 0. The average molecular weight is 312 g/mol. The van der Waals surface area contributed by atoms with Gasteiger partial charge in [0, 0.05) is 12.0 Å². The first-order valence-corrected chi connectivity index (χ1v) is 7.26. The van der Waals surface area contributed by atoms with Gasteiger partial charge in [-0.25, -0.2) is 0 Å². The molecule has 3 rings (SSSR count). The van der Waals surface area contributed by atoms with E-state index in [0.717, 1.165) is 16.0 Å². The van der Waals surface area contributed by atoms with Crippen LogP contribution < -0.4 is 15.2 Å². The summed E-state index contributed by atoms with van der Waals surface area (Å²) >= 11 is 3.60. The molecule has 1 fully saturated rings. The Balaban J connectivity index is 2.13. The number of ether oxygens (including phenoxy) is 2. The predicted octanol–water partition coefficient (Wildman–Crippen LogP) is 2.91. The molecular weight excluding hydrogens is 294 g/mol. The van der Waals surface area contributed by atoms with Gasteiger partial charge in [-0.2, -0.15) is 0 Å². The van der Waals surface area contributed by atoms with E-state index in [-0.39, 0.29) is 5.41 Å². The van der Waals surface area contributed by atoms with Gasteiger partial charge in [0.15, 0.2) is 11.5 Å². The van der Waals surface area contributed by atoms with Gasteiger partial charge in [0.2, 0.25) is 0 Å². The minimum Gasteiger partial charge on any atom is -0.486 e. The molecule has 18 heavy (non-hydrogen) atoms. The molecule has 3 nitrogen and oxygen atoms in total. The summed E-state index contributed by atoms with van der Waals surface area (Å²) in [5.74, 6) is 1.74. The lowest BCUT2D eigenvalue weighted by Gasteiger charge is -2.43. The van der Waals surface area contributed by atoms with Crippen molar-refractivity contribution in [3.63, 3.8) is 0 Å². The number of hydrogen-bond acceptors (Lipinski definition) is 3. The molecular formula is C14H18BrNO2. The second kappa shape index (κ2) is 4.42. The van der Waals surface area contributed by atoms with Crippen LogP contribution in [0.2, 0.25) is 0 Å². The van der Waals surface area contributed by atoms with Crippen molar-refractivity contribution in [1.82, 2.24) is 0 Å². The predicted molar refractivity (Wildman–Crippen MR) is 74.5 cm³/mol. The zero-order valence-corrected chi connectivity index (χ0v) is 12.2. The molecule has 0 spiro atoms. The molecule has 1 aromatic carbocycles. The van der Waals surface area contributed by atoms with E-state index < -0.39 is 0 Å². The molecule has 1 saturated carbocycles. The molecule has 0 saturated heterocycles. The Labute approximate surface area is 116 Å². The van der Waals surface area contributed by atoms with Gasteiger partial charge in [0.25, 0.3) is 0 Å². The van der Waals surface area contributed by atoms with Gasteiger partial charge in [-0.15, -0.1) is 0 Å². The lowest BCUT2D eigenvalue weighted by Crippen LogP contribution is -2.42. The van der Waals surface area contributed by atoms with Crippen molar-refractivity contribution in [2.45, 2.75) is 31.6 Å². The summed E-state index contributed by atoms with van der Waals surface area (Å²) in [5, 5.41) is 0. The minimum absolute atomic E-state index is 0.155. The van der Waals surface area contributed by atoms with Crippen molar-refractivity contribution in [3.8, 4) is 11.5 Å². The second-order valence-electron chi connectivity index (χ2n) is 5.22. The summed E-state index contributed by atoms with van der Waals surface area (Å²) in [4.78, 5) is 0. The van der Waals surface area contributed by atoms with E-state index in [1.165, 1.54) is 30.4 Å². The largest absolute Gasteiger partial charge is 0.486 e. The molecule has 98 valence electrons. The highest BCUT2D eigenvalue weighted by atomic mass is 79.9. The molecule has 0 radical (unpaired) electrons. The van der Waals surface area contributed by atoms with Crippen LogP contribution in [-0.2, 0) is 5.41 Å². The SMILES string of the molecule is Cc1c(C2(CN)CCC2)cc(Br)c2c1OCCO2. The summed E-state index contributed by atoms with van der Waals surface area (Å²) in [5.41, 5.74) is 8.68. The molecule has 1 aliphatic carbocycles. The van der Waals surface area contributed by atoms with Gasteiger partial charge in [-0.3, -0.25) is 0 Å². The molecule has 0 atom stereocenters. The van der Waals surface area contributed by atoms with Crippen molar-refractivity contribution >= 4 is 15.9 Å².